The molecule has 4 heteroatoms. The number of rotatable bonds is 4. The van der Waals surface area contributed by atoms with E-state index in [1.165, 1.54) is 4.90 Å². The van der Waals surface area contributed by atoms with Gasteiger partial charge in [-0.2, -0.15) is 0 Å². The van der Waals surface area contributed by atoms with Crippen molar-refractivity contribution in [2.75, 3.05) is 21.2 Å². The highest BCUT2D eigenvalue weighted by atomic mass is 16.5. The maximum absolute atomic E-state index is 11.9. The quantitative estimate of drug-likeness (QED) is 0.884. The van der Waals surface area contributed by atoms with E-state index in [0.29, 0.717) is 5.56 Å². The number of nitrogens with zero attached hydrogens (tertiary/aromatic N) is 1. The number of aliphatic hydroxyl groups is 1. The van der Waals surface area contributed by atoms with Gasteiger partial charge in [0, 0.05) is 14.1 Å². The van der Waals surface area contributed by atoms with Gasteiger partial charge in [-0.3, -0.25) is 4.79 Å². The fraction of sp³-hybridized carbons (Fsp3) is 0.500. The van der Waals surface area contributed by atoms with Gasteiger partial charge in [-0.1, -0.05) is 19.1 Å². The number of benzene rings is 1. The minimum absolute atomic E-state index is 0.101. The van der Waals surface area contributed by atoms with Crippen LogP contribution < -0.4 is 4.74 Å². The van der Waals surface area contributed by atoms with Crippen molar-refractivity contribution in [1.82, 2.24) is 4.90 Å². The van der Waals surface area contributed by atoms with Crippen molar-refractivity contribution in [3.63, 3.8) is 0 Å². The molecule has 1 N–H and O–H groups in total. The average Bonchev–Trinajstić information content (AvgIpc) is 2.36. The maximum atomic E-state index is 11.9. The number of amides is 1. The normalized spacial score (nSPS) is 15.7. The minimum atomic E-state index is -1.20. The summed E-state index contributed by atoms with van der Waals surface area (Å²) in [4.78, 5) is 13.4. The molecule has 18 heavy (non-hydrogen) atoms. The standard InChI is InChI=1S/C14H21NO3/c1-10(13(16)15(3)4)14(2,17)11-6-8-12(18-5)9-7-11/h6-10,17H,1-5H3/t10-,14+/m1/s1. The molecule has 0 bridgehead atoms. The van der Waals surface area contributed by atoms with Crippen LogP contribution in [0.5, 0.6) is 5.75 Å². The van der Waals surface area contributed by atoms with Crippen molar-refractivity contribution in [3.05, 3.63) is 29.8 Å². The Kier molecular flexibility index (Phi) is 4.35. The van der Waals surface area contributed by atoms with Crippen molar-refractivity contribution in [2.24, 2.45) is 5.92 Å². The first-order chi connectivity index (χ1) is 8.30. The van der Waals surface area contributed by atoms with Gasteiger partial charge < -0.3 is 14.7 Å². The van der Waals surface area contributed by atoms with Crippen LogP contribution in [0.4, 0.5) is 0 Å². The van der Waals surface area contributed by atoms with Gasteiger partial charge in [0.25, 0.3) is 0 Å². The van der Waals surface area contributed by atoms with E-state index in [2.05, 4.69) is 0 Å². The van der Waals surface area contributed by atoms with Crippen LogP contribution in [0.3, 0.4) is 0 Å². The second kappa shape index (κ2) is 5.40. The molecule has 0 fully saturated rings. The first kappa shape index (κ1) is 14.5. The van der Waals surface area contributed by atoms with Crippen LogP contribution >= 0.6 is 0 Å². The average molecular weight is 251 g/mol. The Bertz CT molecular complexity index is 410. The molecule has 2 atom stereocenters. The molecule has 0 unspecified atom stereocenters. The molecular weight excluding hydrogens is 230 g/mol. The number of carbonyl (C=O) groups excluding carboxylic acids is 1. The molecule has 0 saturated carbocycles. The molecule has 1 aromatic rings. The fourth-order valence-electron chi connectivity index (χ4n) is 1.81. The Hall–Kier alpha value is -1.55. The largest absolute Gasteiger partial charge is 0.497 e. The number of hydrogen-bond donors (Lipinski definition) is 1. The third-order valence-electron chi connectivity index (χ3n) is 3.33. The fourth-order valence-corrected chi connectivity index (χ4v) is 1.81. The summed E-state index contributed by atoms with van der Waals surface area (Å²) in [6.07, 6.45) is 0. The monoisotopic (exact) mass is 251 g/mol. The summed E-state index contributed by atoms with van der Waals surface area (Å²) >= 11 is 0. The van der Waals surface area contributed by atoms with Crippen molar-refractivity contribution in [2.45, 2.75) is 19.4 Å². The Labute approximate surface area is 108 Å². The topological polar surface area (TPSA) is 49.8 Å². The van der Waals surface area contributed by atoms with Crippen LogP contribution in [0.15, 0.2) is 24.3 Å². The molecule has 0 radical (unpaired) electrons. The lowest BCUT2D eigenvalue weighted by Gasteiger charge is -2.31. The van der Waals surface area contributed by atoms with Gasteiger partial charge in [-0.05, 0) is 24.6 Å². The molecule has 100 valence electrons. The van der Waals surface area contributed by atoms with Crippen molar-refractivity contribution < 1.29 is 14.6 Å². The second-order valence-electron chi connectivity index (χ2n) is 4.83. The zero-order valence-electron chi connectivity index (χ0n) is 11.6. The van der Waals surface area contributed by atoms with Gasteiger partial charge in [0.2, 0.25) is 5.91 Å². The zero-order valence-corrected chi connectivity index (χ0v) is 11.6. The second-order valence-corrected chi connectivity index (χ2v) is 4.83. The highest BCUT2D eigenvalue weighted by Gasteiger charge is 2.36. The summed E-state index contributed by atoms with van der Waals surface area (Å²) in [6, 6.07) is 7.10. The van der Waals surface area contributed by atoms with E-state index in [9.17, 15) is 9.90 Å². The van der Waals surface area contributed by atoms with Gasteiger partial charge in [0.15, 0.2) is 0 Å². The van der Waals surface area contributed by atoms with E-state index in [1.54, 1.807) is 59.3 Å². The van der Waals surface area contributed by atoms with Gasteiger partial charge in [-0.25, -0.2) is 0 Å². The summed E-state index contributed by atoms with van der Waals surface area (Å²) in [6.45, 7) is 3.38. The van der Waals surface area contributed by atoms with Gasteiger partial charge in [0.05, 0.1) is 18.6 Å². The van der Waals surface area contributed by atoms with Crippen molar-refractivity contribution in [1.29, 1.82) is 0 Å². The predicted molar refractivity (Wildman–Crippen MR) is 70.4 cm³/mol. The SMILES string of the molecule is COc1ccc([C@@](C)(O)[C@H](C)C(=O)N(C)C)cc1. The third-order valence-corrected chi connectivity index (χ3v) is 3.33. The Balaban J connectivity index is 3.00. The molecule has 1 amide bonds. The summed E-state index contributed by atoms with van der Waals surface area (Å²) in [5.41, 5.74) is -0.501. The number of ether oxygens (including phenoxy) is 1. The molecule has 0 heterocycles. The lowest BCUT2D eigenvalue weighted by molar-refractivity contribution is -0.141. The van der Waals surface area contributed by atoms with Gasteiger partial charge in [0.1, 0.15) is 5.75 Å². The summed E-state index contributed by atoms with van der Waals surface area (Å²) in [5.74, 6) is 0.109. The van der Waals surface area contributed by atoms with Gasteiger partial charge in [-0.15, -0.1) is 0 Å². The van der Waals surface area contributed by atoms with E-state index >= 15 is 0 Å². The molecule has 0 spiro atoms. The molecule has 1 rings (SSSR count). The number of hydrogen-bond acceptors (Lipinski definition) is 3. The van der Waals surface area contributed by atoms with E-state index in [-0.39, 0.29) is 5.91 Å². The van der Waals surface area contributed by atoms with Crippen LogP contribution in [0.2, 0.25) is 0 Å². The highest BCUT2D eigenvalue weighted by Crippen LogP contribution is 2.31. The molecule has 0 aliphatic rings. The van der Waals surface area contributed by atoms with E-state index in [0.717, 1.165) is 5.75 Å². The van der Waals surface area contributed by atoms with E-state index in [4.69, 9.17) is 4.74 Å². The molecule has 0 aromatic heterocycles. The molecule has 0 aliphatic carbocycles. The first-order valence-electron chi connectivity index (χ1n) is 5.88. The molecular formula is C14H21NO3. The molecule has 0 saturated heterocycles. The lowest BCUT2D eigenvalue weighted by atomic mass is 9.83. The molecule has 0 aliphatic heterocycles. The zero-order chi connectivity index (χ0) is 13.9. The van der Waals surface area contributed by atoms with Crippen molar-refractivity contribution in [3.8, 4) is 5.75 Å². The van der Waals surface area contributed by atoms with Crippen LogP contribution in [0, 0.1) is 5.92 Å². The summed E-state index contributed by atoms with van der Waals surface area (Å²) in [7, 11) is 4.96. The van der Waals surface area contributed by atoms with E-state index in [1.807, 2.05) is 0 Å². The summed E-state index contributed by atoms with van der Waals surface area (Å²) < 4.78 is 5.07. The maximum Gasteiger partial charge on any atom is 0.228 e. The van der Waals surface area contributed by atoms with Crippen LogP contribution in [-0.4, -0.2) is 37.1 Å². The third kappa shape index (κ3) is 2.82. The lowest BCUT2D eigenvalue weighted by Crippen LogP contribution is -2.41. The Morgan fingerprint density at radius 1 is 1.33 bits per heavy atom. The Morgan fingerprint density at radius 2 is 1.83 bits per heavy atom. The molecule has 4 nitrogen and oxygen atoms in total. The minimum Gasteiger partial charge on any atom is -0.497 e. The van der Waals surface area contributed by atoms with Gasteiger partial charge >= 0.3 is 0 Å². The smallest absolute Gasteiger partial charge is 0.228 e. The summed E-state index contributed by atoms with van der Waals surface area (Å²) in [5, 5.41) is 10.5. The van der Waals surface area contributed by atoms with Crippen molar-refractivity contribution >= 4 is 5.91 Å². The number of methoxy groups -OCH3 is 1. The predicted octanol–water partition coefficient (Wildman–Crippen LogP) is 1.63. The van der Waals surface area contributed by atoms with E-state index < -0.39 is 11.5 Å². The number of carbonyl (C=O) groups is 1. The molecule has 1 aromatic carbocycles. The highest BCUT2D eigenvalue weighted by molar-refractivity contribution is 5.79. The first-order valence-corrected chi connectivity index (χ1v) is 5.88. The Morgan fingerprint density at radius 3 is 2.22 bits per heavy atom. The van der Waals surface area contributed by atoms with Crippen LogP contribution in [0.1, 0.15) is 19.4 Å². The van der Waals surface area contributed by atoms with Crippen LogP contribution in [-0.2, 0) is 10.4 Å². The van der Waals surface area contributed by atoms with Crippen LogP contribution in [0.25, 0.3) is 0 Å².